The van der Waals surface area contributed by atoms with E-state index in [0.29, 0.717) is 18.8 Å². The Labute approximate surface area is 181 Å². The number of aromatic nitrogens is 1. The molecule has 2 aromatic carbocycles. The van der Waals surface area contributed by atoms with Gasteiger partial charge in [-0.25, -0.2) is 9.37 Å². The van der Waals surface area contributed by atoms with Gasteiger partial charge in [-0.3, -0.25) is 9.69 Å². The van der Waals surface area contributed by atoms with E-state index in [0.717, 1.165) is 23.5 Å². The molecular formula is C24H28FN3OS. The van der Waals surface area contributed by atoms with Crippen molar-refractivity contribution in [3.05, 3.63) is 87.1 Å². The molecule has 1 aromatic heterocycles. The van der Waals surface area contributed by atoms with E-state index in [-0.39, 0.29) is 17.8 Å². The van der Waals surface area contributed by atoms with Crippen LogP contribution in [0.4, 0.5) is 4.39 Å². The molecule has 6 heteroatoms. The highest BCUT2D eigenvalue weighted by Gasteiger charge is 2.15. The standard InChI is InChI=1S/C24H28FN3OS/c1-4-18(3)26-24(29)22-16-30-23(27-22)15-28(13-19-7-5-17(2)6-8-19)14-20-9-11-21(25)12-10-20/h5-12,16,18H,4,13-15H2,1-3H3,(H,26,29)/t18-/m1/s1. The molecule has 1 amide bonds. The van der Waals surface area contributed by atoms with E-state index in [1.54, 1.807) is 0 Å². The highest BCUT2D eigenvalue weighted by atomic mass is 32.1. The number of rotatable bonds is 9. The van der Waals surface area contributed by atoms with E-state index in [1.165, 1.54) is 34.6 Å². The summed E-state index contributed by atoms with van der Waals surface area (Å²) in [5.74, 6) is -0.365. The Balaban J connectivity index is 1.73. The minimum absolute atomic E-state index is 0.124. The van der Waals surface area contributed by atoms with Crippen LogP contribution in [0.3, 0.4) is 0 Å². The van der Waals surface area contributed by atoms with Crippen LogP contribution in [0.15, 0.2) is 53.9 Å². The van der Waals surface area contributed by atoms with E-state index in [4.69, 9.17) is 0 Å². The number of halogens is 1. The van der Waals surface area contributed by atoms with Crippen LogP contribution in [0.2, 0.25) is 0 Å². The van der Waals surface area contributed by atoms with Crippen molar-refractivity contribution in [2.24, 2.45) is 0 Å². The minimum atomic E-state index is -0.235. The molecule has 0 unspecified atom stereocenters. The Bertz CT molecular complexity index is 906. The first kappa shape index (κ1) is 22.1. The molecule has 0 aliphatic carbocycles. The van der Waals surface area contributed by atoms with Crippen molar-refractivity contribution in [1.82, 2.24) is 15.2 Å². The second-order valence-electron chi connectivity index (χ2n) is 7.67. The average Bonchev–Trinajstić information content (AvgIpc) is 3.20. The summed E-state index contributed by atoms with van der Waals surface area (Å²) in [6.07, 6.45) is 0.880. The van der Waals surface area contributed by atoms with Crippen molar-refractivity contribution in [3.8, 4) is 0 Å². The third kappa shape index (κ3) is 6.47. The van der Waals surface area contributed by atoms with Gasteiger partial charge in [-0.1, -0.05) is 48.9 Å². The summed E-state index contributed by atoms with van der Waals surface area (Å²) in [5, 5.41) is 5.66. The van der Waals surface area contributed by atoms with Crippen molar-refractivity contribution >= 4 is 17.2 Å². The molecule has 0 aliphatic heterocycles. The summed E-state index contributed by atoms with van der Waals surface area (Å²) in [6, 6.07) is 15.2. The summed E-state index contributed by atoms with van der Waals surface area (Å²) in [4.78, 5) is 19.2. The molecule has 1 heterocycles. The summed E-state index contributed by atoms with van der Waals surface area (Å²) >= 11 is 1.49. The molecule has 30 heavy (non-hydrogen) atoms. The lowest BCUT2D eigenvalue weighted by Gasteiger charge is -2.21. The smallest absolute Gasteiger partial charge is 0.270 e. The fraction of sp³-hybridized carbons (Fsp3) is 0.333. The molecule has 0 saturated heterocycles. The van der Waals surface area contributed by atoms with Gasteiger partial charge in [0.1, 0.15) is 16.5 Å². The average molecular weight is 426 g/mol. The number of thiazole rings is 1. The normalized spacial score (nSPS) is 12.2. The SMILES string of the molecule is CC[C@@H](C)NC(=O)c1csc(CN(Cc2ccc(C)cc2)Cc2ccc(F)cc2)n1. The van der Waals surface area contributed by atoms with E-state index >= 15 is 0 Å². The number of nitrogens with zero attached hydrogens (tertiary/aromatic N) is 2. The highest BCUT2D eigenvalue weighted by Crippen LogP contribution is 2.18. The zero-order chi connectivity index (χ0) is 21.5. The summed E-state index contributed by atoms with van der Waals surface area (Å²) < 4.78 is 13.3. The number of hydrogen-bond donors (Lipinski definition) is 1. The van der Waals surface area contributed by atoms with Gasteiger partial charge < -0.3 is 5.32 Å². The van der Waals surface area contributed by atoms with Gasteiger partial charge in [-0.15, -0.1) is 11.3 Å². The molecule has 0 aliphatic rings. The Morgan fingerprint density at radius 3 is 2.27 bits per heavy atom. The predicted molar refractivity (Wildman–Crippen MR) is 120 cm³/mol. The monoisotopic (exact) mass is 425 g/mol. The van der Waals surface area contributed by atoms with Crippen LogP contribution in [0.1, 0.15) is 52.5 Å². The molecule has 0 bridgehead atoms. The maximum Gasteiger partial charge on any atom is 0.270 e. The summed E-state index contributed by atoms with van der Waals surface area (Å²) in [5.41, 5.74) is 3.93. The molecule has 0 spiro atoms. The first-order valence-corrected chi connectivity index (χ1v) is 11.1. The van der Waals surface area contributed by atoms with Crippen LogP contribution in [-0.4, -0.2) is 21.8 Å². The first-order valence-electron chi connectivity index (χ1n) is 10.2. The summed E-state index contributed by atoms with van der Waals surface area (Å²) in [7, 11) is 0. The molecule has 4 nitrogen and oxygen atoms in total. The quantitative estimate of drug-likeness (QED) is 0.505. The van der Waals surface area contributed by atoms with Gasteiger partial charge in [0.05, 0.1) is 6.54 Å². The van der Waals surface area contributed by atoms with Crippen molar-refractivity contribution < 1.29 is 9.18 Å². The molecule has 3 aromatic rings. The van der Waals surface area contributed by atoms with Crippen LogP contribution >= 0.6 is 11.3 Å². The molecule has 3 rings (SSSR count). The molecular weight excluding hydrogens is 397 g/mol. The van der Waals surface area contributed by atoms with Gasteiger partial charge >= 0.3 is 0 Å². The van der Waals surface area contributed by atoms with Crippen molar-refractivity contribution in [2.45, 2.75) is 52.9 Å². The van der Waals surface area contributed by atoms with Gasteiger partial charge in [0.15, 0.2) is 0 Å². The van der Waals surface area contributed by atoms with Gasteiger partial charge in [0.2, 0.25) is 0 Å². The minimum Gasteiger partial charge on any atom is -0.348 e. The molecule has 1 atom stereocenters. The van der Waals surface area contributed by atoms with Crippen LogP contribution in [0, 0.1) is 12.7 Å². The molecule has 0 radical (unpaired) electrons. The second-order valence-corrected chi connectivity index (χ2v) is 8.61. The van der Waals surface area contributed by atoms with Gasteiger partial charge in [0.25, 0.3) is 5.91 Å². The number of carbonyl (C=O) groups is 1. The molecule has 0 saturated carbocycles. The maximum absolute atomic E-state index is 13.3. The van der Waals surface area contributed by atoms with E-state index in [2.05, 4.69) is 46.4 Å². The second kappa shape index (κ2) is 10.5. The van der Waals surface area contributed by atoms with Gasteiger partial charge in [-0.2, -0.15) is 0 Å². The number of aryl methyl sites for hydroxylation is 1. The largest absolute Gasteiger partial charge is 0.348 e. The zero-order valence-corrected chi connectivity index (χ0v) is 18.5. The highest BCUT2D eigenvalue weighted by molar-refractivity contribution is 7.09. The lowest BCUT2D eigenvalue weighted by atomic mass is 10.1. The van der Waals surface area contributed by atoms with Crippen molar-refractivity contribution in [2.75, 3.05) is 0 Å². The van der Waals surface area contributed by atoms with Crippen LogP contribution in [0.25, 0.3) is 0 Å². The number of amides is 1. The third-order valence-electron chi connectivity index (χ3n) is 4.98. The van der Waals surface area contributed by atoms with E-state index in [1.807, 2.05) is 31.4 Å². The van der Waals surface area contributed by atoms with Gasteiger partial charge in [-0.05, 0) is 43.5 Å². The Kier molecular flexibility index (Phi) is 7.71. The number of hydrogen-bond acceptors (Lipinski definition) is 4. The van der Waals surface area contributed by atoms with Gasteiger partial charge in [0, 0.05) is 24.5 Å². The maximum atomic E-state index is 13.3. The van der Waals surface area contributed by atoms with Crippen molar-refractivity contribution in [1.29, 1.82) is 0 Å². The van der Waals surface area contributed by atoms with E-state index < -0.39 is 0 Å². The van der Waals surface area contributed by atoms with Crippen LogP contribution in [-0.2, 0) is 19.6 Å². The lowest BCUT2D eigenvalue weighted by Crippen LogP contribution is -2.32. The van der Waals surface area contributed by atoms with Crippen molar-refractivity contribution in [3.63, 3.8) is 0 Å². The predicted octanol–water partition coefficient (Wildman–Crippen LogP) is 5.32. The number of nitrogens with one attached hydrogen (secondary N) is 1. The molecule has 158 valence electrons. The molecule has 1 N–H and O–H groups in total. The lowest BCUT2D eigenvalue weighted by molar-refractivity contribution is 0.0934. The number of carbonyl (C=O) groups excluding carboxylic acids is 1. The Hall–Kier alpha value is -2.57. The molecule has 0 fully saturated rings. The Morgan fingerprint density at radius 2 is 1.67 bits per heavy atom. The summed E-state index contributed by atoms with van der Waals surface area (Å²) in [6.45, 7) is 8.12. The topological polar surface area (TPSA) is 45.2 Å². The zero-order valence-electron chi connectivity index (χ0n) is 17.7. The first-order chi connectivity index (χ1) is 14.4. The van der Waals surface area contributed by atoms with E-state index in [9.17, 15) is 9.18 Å². The Morgan fingerprint density at radius 1 is 1.07 bits per heavy atom. The third-order valence-corrected chi connectivity index (χ3v) is 5.81. The fourth-order valence-corrected chi connectivity index (χ4v) is 3.86. The van der Waals surface area contributed by atoms with Crippen LogP contribution in [0.5, 0.6) is 0 Å². The fourth-order valence-electron chi connectivity index (χ4n) is 3.05. The van der Waals surface area contributed by atoms with Crippen LogP contribution < -0.4 is 5.32 Å². The number of benzene rings is 2.